The number of aliphatic hydroxyl groups excluding tert-OH is 1. The molecule has 1 rings (SSSR count). The van der Waals surface area contributed by atoms with E-state index in [0.29, 0.717) is 19.5 Å². The Morgan fingerprint density at radius 1 is 1.39 bits per heavy atom. The molecule has 5 heteroatoms. The zero-order valence-electron chi connectivity index (χ0n) is 11.2. The highest BCUT2D eigenvalue weighted by Crippen LogP contribution is 2.14. The van der Waals surface area contributed by atoms with Crippen molar-refractivity contribution < 1.29 is 9.90 Å². The van der Waals surface area contributed by atoms with Crippen LogP contribution in [-0.2, 0) is 6.54 Å². The van der Waals surface area contributed by atoms with Crippen molar-refractivity contribution in [3.05, 3.63) is 21.9 Å². The Hall–Kier alpha value is -1.07. The quantitative estimate of drug-likeness (QED) is 0.742. The third-order valence-corrected chi connectivity index (χ3v) is 3.72. The normalized spacial score (nSPS) is 12.5. The molecule has 4 nitrogen and oxygen atoms in total. The molecule has 0 aliphatic heterocycles. The van der Waals surface area contributed by atoms with E-state index in [-0.39, 0.29) is 18.1 Å². The molecule has 0 saturated heterocycles. The van der Waals surface area contributed by atoms with Crippen LogP contribution in [-0.4, -0.2) is 23.8 Å². The molecule has 0 aromatic carbocycles. The van der Waals surface area contributed by atoms with Gasteiger partial charge in [0.25, 0.3) is 0 Å². The van der Waals surface area contributed by atoms with Gasteiger partial charge >= 0.3 is 6.03 Å². The molecular formula is C13H22N2O2S. The molecule has 1 aromatic rings. The largest absolute Gasteiger partial charge is 0.393 e. The van der Waals surface area contributed by atoms with Gasteiger partial charge in [-0.25, -0.2) is 4.79 Å². The summed E-state index contributed by atoms with van der Waals surface area (Å²) in [5.74, 6) is 0.226. The highest BCUT2D eigenvalue weighted by atomic mass is 32.1. The fourth-order valence-electron chi connectivity index (χ4n) is 1.48. The summed E-state index contributed by atoms with van der Waals surface area (Å²) in [6.07, 6.45) is 0.230. The minimum Gasteiger partial charge on any atom is -0.393 e. The minimum absolute atomic E-state index is 0.183. The zero-order chi connectivity index (χ0) is 13.5. The molecule has 102 valence electrons. The van der Waals surface area contributed by atoms with Crippen molar-refractivity contribution in [2.75, 3.05) is 6.54 Å². The fraction of sp³-hybridized carbons (Fsp3) is 0.615. The first-order valence-corrected chi connectivity index (χ1v) is 7.05. The van der Waals surface area contributed by atoms with E-state index in [4.69, 9.17) is 0 Å². The lowest BCUT2D eigenvalue weighted by molar-refractivity contribution is 0.116. The minimum atomic E-state index is -0.356. The van der Waals surface area contributed by atoms with Crippen LogP contribution < -0.4 is 10.6 Å². The van der Waals surface area contributed by atoms with Crippen molar-refractivity contribution >= 4 is 17.4 Å². The summed E-state index contributed by atoms with van der Waals surface area (Å²) >= 11 is 1.68. The highest BCUT2D eigenvalue weighted by molar-refractivity contribution is 7.11. The van der Waals surface area contributed by atoms with Crippen LogP contribution in [0.25, 0.3) is 0 Å². The summed E-state index contributed by atoms with van der Waals surface area (Å²) < 4.78 is 0. The number of aliphatic hydroxyl groups is 1. The molecule has 2 amide bonds. The Morgan fingerprint density at radius 2 is 2.11 bits per heavy atom. The number of hydrogen-bond donors (Lipinski definition) is 3. The van der Waals surface area contributed by atoms with E-state index in [2.05, 4.69) is 10.6 Å². The Labute approximate surface area is 112 Å². The van der Waals surface area contributed by atoms with E-state index in [0.717, 1.165) is 4.88 Å². The molecule has 0 saturated carbocycles. The van der Waals surface area contributed by atoms with Gasteiger partial charge in [-0.3, -0.25) is 0 Å². The van der Waals surface area contributed by atoms with Crippen LogP contribution in [0.2, 0.25) is 0 Å². The Morgan fingerprint density at radius 3 is 2.67 bits per heavy atom. The molecule has 0 aliphatic carbocycles. The van der Waals surface area contributed by atoms with Crippen molar-refractivity contribution in [2.45, 2.75) is 39.8 Å². The average Bonchev–Trinajstić information content (AvgIpc) is 2.72. The van der Waals surface area contributed by atoms with Crippen molar-refractivity contribution in [3.63, 3.8) is 0 Å². The van der Waals surface area contributed by atoms with Crippen LogP contribution in [0.1, 0.15) is 30.0 Å². The molecule has 0 bridgehead atoms. The van der Waals surface area contributed by atoms with Gasteiger partial charge in [-0.05, 0) is 31.4 Å². The van der Waals surface area contributed by atoms with Gasteiger partial charge in [-0.15, -0.1) is 11.3 Å². The predicted octanol–water partition coefficient (Wildman–Crippen LogP) is 2.26. The number of nitrogens with one attached hydrogen (secondary N) is 2. The summed E-state index contributed by atoms with van der Waals surface area (Å²) in [7, 11) is 0. The molecule has 0 fully saturated rings. The number of rotatable bonds is 6. The number of amides is 2. The summed E-state index contributed by atoms with van der Waals surface area (Å²) in [6, 6.07) is 3.87. The van der Waals surface area contributed by atoms with Crippen LogP contribution in [0, 0.1) is 12.8 Å². The lowest BCUT2D eigenvalue weighted by atomic mass is 10.0. The maximum absolute atomic E-state index is 11.5. The molecule has 0 aliphatic rings. The number of carbonyl (C=O) groups excluding carboxylic acids is 1. The maximum atomic E-state index is 11.5. The Kier molecular flexibility index (Phi) is 6.15. The number of aryl methyl sites for hydroxylation is 1. The molecule has 0 spiro atoms. The van der Waals surface area contributed by atoms with E-state index >= 15 is 0 Å². The van der Waals surface area contributed by atoms with Crippen molar-refractivity contribution in [1.82, 2.24) is 10.6 Å². The molecule has 1 aromatic heterocycles. The number of carbonyl (C=O) groups is 1. The lowest BCUT2D eigenvalue weighted by Gasteiger charge is -2.14. The van der Waals surface area contributed by atoms with Crippen LogP contribution in [0.4, 0.5) is 4.79 Å². The molecule has 0 radical (unpaired) electrons. The number of hydrogen-bond acceptors (Lipinski definition) is 3. The fourth-order valence-corrected chi connectivity index (χ4v) is 2.31. The van der Waals surface area contributed by atoms with Crippen LogP contribution in [0.15, 0.2) is 12.1 Å². The van der Waals surface area contributed by atoms with Gasteiger partial charge in [0.1, 0.15) is 0 Å². The van der Waals surface area contributed by atoms with Gasteiger partial charge in [0.15, 0.2) is 0 Å². The van der Waals surface area contributed by atoms with E-state index in [1.165, 1.54) is 4.88 Å². The van der Waals surface area contributed by atoms with Crippen molar-refractivity contribution in [2.24, 2.45) is 5.92 Å². The van der Waals surface area contributed by atoms with E-state index in [1.807, 2.05) is 32.9 Å². The molecule has 1 heterocycles. The van der Waals surface area contributed by atoms with Crippen molar-refractivity contribution in [1.29, 1.82) is 0 Å². The third-order valence-electron chi connectivity index (χ3n) is 2.71. The predicted molar refractivity (Wildman–Crippen MR) is 74.8 cm³/mol. The molecule has 18 heavy (non-hydrogen) atoms. The highest BCUT2D eigenvalue weighted by Gasteiger charge is 2.09. The van der Waals surface area contributed by atoms with Crippen molar-refractivity contribution in [3.8, 4) is 0 Å². The van der Waals surface area contributed by atoms with E-state index in [1.54, 1.807) is 11.3 Å². The molecule has 1 atom stereocenters. The van der Waals surface area contributed by atoms with Gasteiger partial charge in [-0.2, -0.15) is 0 Å². The summed E-state index contributed by atoms with van der Waals surface area (Å²) in [4.78, 5) is 13.9. The Bertz CT molecular complexity index is 377. The van der Waals surface area contributed by atoms with Gasteiger partial charge < -0.3 is 15.7 Å². The number of thiophene rings is 1. The van der Waals surface area contributed by atoms with Gasteiger partial charge in [0.05, 0.1) is 12.6 Å². The van der Waals surface area contributed by atoms with Crippen LogP contribution in [0.3, 0.4) is 0 Å². The van der Waals surface area contributed by atoms with Crippen LogP contribution in [0.5, 0.6) is 0 Å². The summed E-state index contributed by atoms with van der Waals surface area (Å²) in [5, 5.41) is 15.1. The zero-order valence-corrected chi connectivity index (χ0v) is 12.0. The second-order valence-electron chi connectivity index (χ2n) is 4.72. The Balaban J connectivity index is 2.14. The second kappa shape index (κ2) is 7.38. The lowest BCUT2D eigenvalue weighted by Crippen LogP contribution is -2.36. The monoisotopic (exact) mass is 270 g/mol. The van der Waals surface area contributed by atoms with E-state index in [9.17, 15) is 9.90 Å². The van der Waals surface area contributed by atoms with E-state index < -0.39 is 0 Å². The molecule has 1 unspecified atom stereocenters. The first-order valence-electron chi connectivity index (χ1n) is 6.24. The maximum Gasteiger partial charge on any atom is 0.315 e. The summed E-state index contributed by atoms with van der Waals surface area (Å²) in [5.41, 5.74) is 0. The van der Waals surface area contributed by atoms with Gasteiger partial charge in [0, 0.05) is 16.3 Å². The first-order chi connectivity index (χ1) is 8.49. The SMILES string of the molecule is Cc1ccc(CNC(=O)NCCC(O)C(C)C)s1. The van der Waals surface area contributed by atoms with Gasteiger partial charge in [-0.1, -0.05) is 13.8 Å². The average molecular weight is 270 g/mol. The second-order valence-corrected chi connectivity index (χ2v) is 6.09. The smallest absolute Gasteiger partial charge is 0.315 e. The summed E-state index contributed by atoms with van der Waals surface area (Å²) in [6.45, 7) is 7.01. The van der Waals surface area contributed by atoms with Gasteiger partial charge in [0.2, 0.25) is 0 Å². The molecular weight excluding hydrogens is 248 g/mol. The first kappa shape index (κ1) is 15.0. The van der Waals surface area contributed by atoms with Crippen LogP contribution >= 0.6 is 11.3 Å². The molecule has 3 N–H and O–H groups in total. The standard InChI is InChI=1S/C13H22N2O2S/c1-9(2)12(16)6-7-14-13(17)15-8-11-5-4-10(3)18-11/h4-5,9,12,16H,6-8H2,1-3H3,(H2,14,15,17). The topological polar surface area (TPSA) is 61.4 Å². The number of urea groups is 1. The third kappa shape index (κ3) is 5.51.